The molecule has 2 amide bonds. The summed E-state index contributed by atoms with van der Waals surface area (Å²) in [6.07, 6.45) is 5.86. The fourth-order valence-corrected chi connectivity index (χ4v) is 3.73. The molecule has 1 unspecified atom stereocenters. The Hall–Kier alpha value is -1.37. The smallest absolute Gasteiger partial charge is 0.319 e. The lowest BCUT2D eigenvalue weighted by Gasteiger charge is -2.36. The molecule has 26 heavy (non-hydrogen) atoms. The summed E-state index contributed by atoms with van der Waals surface area (Å²) in [5, 5.41) is 6.14. The van der Waals surface area contributed by atoms with Crippen molar-refractivity contribution in [3.8, 4) is 0 Å². The van der Waals surface area contributed by atoms with Crippen molar-refractivity contribution in [2.24, 2.45) is 0 Å². The first-order valence-corrected chi connectivity index (χ1v) is 9.49. The highest BCUT2D eigenvalue weighted by Crippen LogP contribution is 2.17. The van der Waals surface area contributed by atoms with Crippen LogP contribution in [0.4, 0.5) is 14.9 Å². The Morgan fingerprint density at radius 1 is 1.23 bits per heavy atom. The molecule has 0 radical (unpaired) electrons. The van der Waals surface area contributed by atoms with Gasteiger partial charge in [-0.1, -0.05) is 18.6 Å². The number of hydrogen-bond acceptors (Lipinski definition) is 3. The summed E-state index contributed by atoms with van der Waals surface area (Å²) in [5.41, 5.74) is 0.249. The molecule has 2 fully saturated rings. The lowest BCUT2D eigenvalue weighted by molar-refractivity contribution is 0.148. The molecule has 2 heterocycles. The van der Waals surface area contributed by atoms with Crippen LogP contribution in [-0.4, -0.2) is 61.1 Å². The van der Waals surface area contributed by atoms with E-state index in [4.69, 9.17) is 0 Å². The highest BCUT2D eigenvalue weighted by atomic mass is 35.5. The zero-order chi connectivity index (χ0) is 17.5. The molecule has 1 aromatic carbocycles. The number of benzene rings is 1. The van der Waals surface area contributed by atoms with Gasteiger partial charge in [0.15, 0.2) is 0 Å². The second-order valence-corrected chi connectivity index (χ2v) is 7.01. The van der Waals surface area contributed by atoms with Crippen molar-refractivity contribution in [1.82, 2.24) is 15.1 Å². The van der Waals surface area contributed by atoms with Gasteiger partial charge in [0, 0.05) is 25.7 Å². The number of nitrogens with zero attached hydrogens (tertiary/aromatic N) is 2. The van der Waals surface area contributed by atoms with E-state index in [1.807, 2.05) is 4.90 Å². The van der Waals surface area contributed by atoms with Gasteiger partial charge in [0.25, 0.3) is 0 Å². The number of anilines is 1. The molecule has 0 aromatic heterocycles. The summed E-state index contributed by atoms with van der Waals surface area (Å²) in [6.45, 7) is 5.63. The number of amides is 2. The van der Waals surface area contributed by atoms with E-state index < -0.39 is 5.82 Å². The summed E-state index contributed by atoms with van der Waals surface area (Å²) in [4.78, 5) is 17.2. The third kappa shape index (κ3) is 5.83. The van der Waals surface area contributed by atoms with Crippen LogP contribution in [0.1, 0.15) is 32.1 Å². The maximum atomic E-state index is 13.9. The van der Waals surface area contributed by atoms with Crippen LogP contribution < -0.4 is 10.6 Å². The lowest BCUT2D eigenvalue weighted by atomic mass is 10.1. The number of urea groups is 1. The Morgan fingerprint density at radius 3 is 2.69 bits per heavy atom. The molecule has 2 N–H and O–H groups in total. The van der Waals surface area contributed by atoms with Gasteiger partial charge in [-0.05, 0) is 57.5 Å². The third-order valence-electron chi connectivity index (χ3n) is 5.19. The first-order valence-electron chi connectivity index (χ1n) is 9.49. The molecule has 0 bridgehead atoms. The first-order chi connectivity index (χ1) is 12.2. The molecule has 3 rings (SSSR count). The normalized spacial score (nSPS) is 20.9. The van der Waals surface area contributed by atoms with Crippen LogP contribution in [0, 0.1) is 5.82 Å². The van der Waals surface area contributed by atoms with E-state index in [1.165, 1.54) is 25.3 Å². The SMILES string of the molecule is Cl.O=C(Nc1ccccc1F)N(CCN1CCCCC1)C1CCCNC1. The van der Waals surface area contributed by atoms with E-state index in [0.29, 0.717) is 6.54 Å². The molecule has 7 heteroatoms. The summed E-state index contributed by atoms with van der Waals surface area (Å²) in [7, 11) is 0. The number of carbonyl (C=O) groups is 1. The number of para-hydroxylation sites is 1. The zero-order valence-electron chi connectivity index (χ0n) is 15.3. The Morgan fingerprint density at radius 2 is 2.00 bits per heavy atom. The molecule has 1 atom stereocenters. The van der Waals surface area contributed by atoms with Gasteiger partial charge in [-0.25, -0.2) is 9.18 Å². The molecular formula is C19H30ClFN4O. The molecule has 0 spiro atoms. The van der Waals surface area contributed by atoms with Crippen LogP contribution in [0.3, 0.4) is 0 Å². The topological polar surface area (TPSA) is 47.6 Å². The monoisotopic (exact) mass is 384 g/mol. The fourth-order valence-electron chi connectivity index (χ4n) is 3.73. The van der Waals surface area contributed by atoms with E-state index in [0.717, 1.165) is 45.6 Å². The molecule has 146 valence electrons. The van der Waals surface area contributed by atoms with Gasteiger partial charge in [0.05, 0.1) is 5.69 Å². The minimum atomic E-state index is -0.395. The van der Waals surface area contributed by atoms with E-state index in [-0.39, 0.29) is 30.2 Å². The number of carbonyl (C=O) groups excluding carboxylic acids is 1. The summed E-state index contributed by atoms with van der Waals surface area (Å²) in [5.74, 6) is -0.395. The largest absolute Gasteiger partial charge is 0.322 e. The highest BCUT2D eigenvalue weighted by molar-refractivity contribution is 5.89. The fraction of sp³-hybridized carbons (Fsp3) is 0.632. The summed E-state index contributed by atoms with van der Waals surface area (Å²) >= 11 is 0. The van der Waals surface area contributed by atoms with Gasteiger partial charge in [-0.2, -0.15) is 0 Å². The van der Waals surface area contributed by atoms with E-state index in [1.54, 1.807) is 18.2 Å². The number of halogens is 2. The van der Waals surface area contributed by atoms with Crippen molar-refractivity contribution in [3.63, 3.8) is 0 Å². The predicted molar refractivity (Wildman–Crippen MR) is 106 cm³/mol. The maximum absolute atomic E-state index is 13.9. The van der Waals surface area contributed by atoms with Crippen LogP contribution in [0.5, 0.6) is 0 Å². The van der Waals surface area contributed by atoms with Crippen molar-refractivity contribution in [2.75, 3.05) is 44.6 Å². The second kappa shape index (κ2) is 10.7. The van der Waals surface area contributed by atoms with Gasteiger partial charge in [0.1, 0.15) is 5.82 Å². The molecular weight excluding hydrogens is 355 g/mol. The van der Waals surface area contributed by atoms with Crippen molar-refractivity contribution in [2.45, 2.75) is 38.1 Å². The van der Waals surface area contributed by atoms with Gasteiger partial charge in [-0.15, -0.1) is 12.4 Å². The van der Waals surface area contributed by atoms with Crippen LogP contribution in [-0.2, 0) is 0 Å². The Balaban J connectivity index is 0.00000243. The lowest BCUT2D eigenvalue weighted by Crippen LogP contribution is -2.52. The van der Waals surface area contributed by atoms with Crippen molar-refractivity contribution < 1.29 is 9.18 Å². The Labute approximate surface area is 161 Å². The van der Waals surface area contributed by atoms with Crippen molar-refractivity contribution in [1.29, 1.82) is 0 Å². The Bertz CT molecular complexity index is 562. The van der Waals surface area contributed by atoms with Crippen LogP contribution in [0.25, 0.3) is 0 Å². The number of piperidine rings is 2. The molecule has 2 saturated heterocycles. The Kier molecular flexibility index (Phi) is 8.62. The van der Waals surface area contributed by atoms with Gasteiger partial charge in [-0.3, -0.25) is 0 Å². The molecule has 2 aliphatic rings. The van der Waals surface area contributed by atoms with Crippen molar-refractivity contribution >= 4 is 24.1 Å². The average molecular weight is 385 g/mol. The zero-order valence-corrected chi connectivity index (χ0v) is 16.1. The van der Waals surface area contributed by atoms with Crippen molar-refractivity contribution in [3.05, 3.63) is 30.1 Å². The predicted octanol–water partition coefficient (Wildman–Crippen LogP) is 3.32. The third-order valence-corrected chi connectivity index (χ3v) is 5.19. The summed E-state index contributed by atoms with van der Waals surface area (Å²) < 4.78 is 13.9. The van der Waals surface area contributed by atoms with Gasteiger partial charge in [0.2, 0.25) is 0 Å². The highest BCUT2D eigenvalue weighted by Gasteiger charge is 2.26. The number of rotatable bonds is 5. The minimum Gasteiger partial charge on any atom is -0.319 e. The molecule has 2 aliphatic heterocycles. The minimum absolute atomic E-state index is 0. The second-order valence-electron chi connectivity index (χ2n) is 7.01. The maximum Gasteiger partial charge on any atom is 0.322 e. The van der Waals surface area contributed by atoms with E-state index in [9.17, 15) is 9.18 Å². The molecule has 0 saturated carbocycles. The van der Waals surface area contributed by atoms with Gasteiger partial charge >= 0.3 is 6.03 Å². The van der Waals surface area contributed by atoms with Crippen LogP contribution >= 0.6 is 12.4 Å². The number of nitrogens with one attached hydrogen (secondary N) is 2. The van der Waals surface area contributed by atoms with E-state index >= 15 is 0 Å². The van der Waals surface area contributed by atoms with Crippen LogP contribution in [0.2, 0.25) is 0 Å². The molecule has 1 aromatic rings. The van der Waals surface area contributed by atoms with Crippen LogP contribution in [0.15, 0.2) is 24.3 Å². The standard InChI is InChI=1S/C19H29FN4O.ClH/c20-17-8-2-3-9-18(17)22-19(25)24(16-7-6-10-21-15-16)14-13-23-11-4-1-5-12-23;/h2-3,8-9,16,21H,1,4-7,10-15H2,(H,22,25);1H. The number of hydrogen-bond donors (Lipinski definition) is 2. The number of likely N-dealkylation sites (tertiary alicyclic amines) is 1. The quantitative estimate of drug-likeness (QED) is 0.818. The molecule has 0 aliphatic carbocycles. The summed E-state index contributed by atoms with van der Waals surface area (Å²) in [6, 6.07) is 6.31. The van der Waals surface area contributed by atoms with E-state index in [2.05, 4.69) is 15.5 Å². The molecule has 5 nitrogen and oxygen atoms in total. The first kappa shape index (κ1) is 20.9. The average Bonchev–Trinajstić information content (AvgIpc) is 2.65. The van der Waals surface area contributed by atoms with Gasteiger partial charge < -0.3 is 20.4 Å².